The molecule has 6 heteroatoms. The van der Waals surface area contributed by atoms with E-state index in [2.05, 4.69) is 5.32 Å². The molecule has 1 unspecified atom stereocenters. The lowest BCUT2D eigenvalue weighted by Gasteiger charge is -2.24. The first-order valence-corrected chi connectivity index (χ1v) is 8.31. The molecule has 0 aromatic heterocycles. The van der Waals surface area contributed by atoms with Gasteiger partial charge in [0, 0.05) is 18.0 Å². The van der Waals surface area contributed by atoms with Crippen molar-refractivity contribution in [1.29, 1.82) is 0 Å². The summed E-state index contributed by atoms with van der Waals surface area (Å²) in [6.07, 6.45) is 0. The van der Waals surface area contributed by atoms with Crippen LogP contribution in [0.5, 0.6) is 5.75 Å². The number of nitrogens with zero attached hydrogens (tertiary/aromatic N) is 1. The number of anilines is 1. The molecule has 0 aliphatic carbocycles. The second-order valence-electron chi connectivity index (χ2n) is 5.13. The Kier molecular flexibility index (Phi) is 4.71. The monoisotopic (exact) mass is 332 g/mol. The number of hydrogen-bond donors (Lipinski definition) is 1. The van der Waals surface area contributed by atoms with Crippen LogP contribution in [0, 0.1) is 5.82 Å². The van der Waals surface area contributed by atoms with E-state index in [9.17, 15) is 9.18 Å². The van der Waals surface area contributed by atoms with Gasteiger partial charge in [-0.25, -0.2) is 9.18 Å². The van der Waals surface area contributed by atoms with Crippen molar-refractivity contribution < 1.29 is 13.9 Å². The number of methoxy groups -OCH3 is 1. The topological polar surface area (TPSA) is 41.6 Å². The lowest BCUT2D eigenvalue weighted by Crippen LogP contribution is -2.34. The quantitative estimate of drug-likeness (QED) is 0.919. The highest BCUT2D eigenvalue weighted by Crippen LogP contribution is 2.38. The molecule has 4 nitrogen and oxygen atoms in total. The van der Waals surface area contributed by atoms with Gasteiger partial charge in [0.15, 0.2) is 0 Å². The number of thioether (sulfide) groups is 1. The van der Waals surface area contributed by atoms with E-state index >= 15 is 0 Å². The number of nitrogens with one attached hydrogen (secondary N) is 1. The van der Waals surface area contributed by atoms with E-state index in [0.717, 1.165) is 17.1 Å². The molecule has 1 saturated heterocycles. The largest absolute Gasteiger partial charge is 0.497 e. The minimum Gasteiger partial charge on any atom is -0.497 e. The Balaban J connectivity index is 1.73. The van der Waals surface area contributed by atoms with Gasteiger partial charge in [-0.3, -0.25) is 0 Å². The van der Waals surface area contributed by atoms with Gasteiger partial charge < -0.3 is 15.0 Å². The number of rotatable bonds is 3. The molecule has 3 rings (SSSR count). The molecule has 0 saturated carbocycles. The van der Waals surface area contributed by atoms with Crippen LogP contribution >= 0.6 is 11.8 Å². The summed E-state index contributed by atoms with van der Waals surface area (Å²) in [6, 6.07) is 13.4. The number of benzene rings is 2. The van der Waals surface area contributed by atoms with Crippen LogP contribution in [-0.4, -0.2) is 30.3 Å². The fraction of sp³-hybridized carbons (Fsp3) is 0.235. The highest BCUT2D eigenvalue weighted by molar-refractivity contribution is 7.99. The molecule has 0 bridgehead atoms. The Hall–Kier alpha value is -2.21. The van der Waals surface area contributed by atoms with Gasteiger partial charge in [0.1, 0.15) is 16.9 Å². The van der Waals surface area contributed by atoms with Gasteiger partial charge in [0.25, 0.3) is 0 Å². The van der Waals surface area contributed by atoms with Crippen molar-refractivity contribution in [1.82, 2.24) is 4.90 Å². The van der Waals surface area contributed by atoms with Crippen molar-refractivity contribution >= 4 is 23.5 Å². The molecular formula is C17H17FN2O2S. The zero-order valence-electron chi connectivity index (χ0n) is 12.7. The van der Waals surface area contributed by atoms with Crippen molar-refractivity contribution in [3.05, 3.63) is 59.9 Å². The molecule has 120 valence electrons. The van der Waals surface area contributed by atoms with E-state index in [0.29, 0.717) is 12.2 Å². The number of hydrogen-bond acceptors (Lipinski definition) is 3. The normalized spacial score (nSPS) is 17.1. The summed E-state index contributed by atoms with van der Waals surface area (Å²) in [6.45, 7) is 0.655. The Morgan fingerprint density at radius 3 is 2.78 bits per heavy atom. The number of urea groups is 1. The smallest absolute Gasteiger partial charge is 0.323 e. The van der Waals surface area contributed by atoms with Gasteiger partial charge in [-0.15, -0.1) is 11.8 Å². The van der Waals surface area contributed by atoms with Gasteiger partial charge in [0.2, 0.25) is 0 Å². The predicted molar refractivity (Wildman–Crippen MR) is 90.3 cm³/mol. The predicted octanol–water partition coefficient (Wildman–Crippen LogP) is 4.11. The standard InChI is InChI=1S/C17H17FN2O2S/c1-22-15-7-5-12(6-8-15)16-20(9-10-23-16)17(21)19-14-4-2-3-13(18)11-14/h2-8,11,16H,9-10H2,1H3,(H,19,21). The Labute approximate surface area is 138 Å². The summed E-state index contributed by atoms with van der Waals surface area (Å²) in [7, 11) is 1.62. The zero-order valence-corrected chi connectivity index (χ0v) is 13.5. The summed E-state index contributed by atoms with van der Waals surface area (Å²) in [5.74, 6) is 1.28. The highest BCUT2D eigenvalue weighted by atomic mass is 32.2. The molecule has 0 radical (unpaired) electrons. The van der Waals surface area contributed by atoms with Gasteiger partial charge >= 0.3 is 6.03 Å². The number of amides is 2. The Bertz CT molecular complexity index is 693. The van der Waals surface area contributed by atoms with Gasteiger partial charge in [0.05, 0.1) is 7.11 Å². The number of carbonyl (C=O) groups is 1. The van der Waals surface area contributed by atoms with Crippen molar-refractivity contribution in [3.8, 4) is 5.75 Å². The van der Waals surface area contributed by atoms with E-state index in [1.54, 1.807) is 35.9 Å². The molecule has 0 spiro atoms. The lowest BCUT2D eigenvalue weighted by molar-refractivity contribution is 0.214. The fourth-order valence-corrected chi connectivity index (χ4v) is 3.74. The van der Waals surface area contributed by atoms with E-state index in [1.165, 1.54) is 12.1 Å². The first-order chi connectivity index (χ1) is 11.2. The van der Waals surface area contributed by atoms with Crippen molar-refractivity contribution in [2.24, 2.45) is 0 Å². The maximum atomic E-state index is 13.2. The van der Waals surface area contributed by atoms with Crippen LogP contribution in [0.3, 0.4) is 0 Å². The molecule has 1 heterocycles. The van der Waals surface area contributed by atoms with Crippen molar-refractivity contribution in [2.45, 2.75) is 5.37 Å². The summed E-state index contributed by atoms with van der Waals surface area (Å²) >= 11 is 1.71. The number of ether oxygens (including phenoxy) is 1. The summed E-state index contributed by atoms with van der Waals surface area (Å²) in [4.78, 5) is 14.2. The van der Waals surface area contributed by atoms with Crippen LogP contribution in [0.4, 0.5) is 14.9 Å². The van der Waals surface area contributed by atoms with Crippen LogP contribution in [0.1, 0.15) is 10.9 Å². The minimum atomic E-state index is -0.370. The van der Waals surface area contributed by atoms with Gasteiger partial charge in [-0.2, -0.15) is 0 Å². The highest BCUT2D eigenvalue weighted by Gasteiger charge is 2.30. The maximum Gasteiger partial charge on any atom is 0.323 e. The lowest BCUT2D eigenvalue weighted by atomic mass is 10.2. The molecule has 2 aromatic rings. The first-order valence-electron chi connectivity index (χ1n) is 7.26. The van der Waals surface area contributed by atoms with Crippen LogP contribution < -0.4 is 10.1 Å². The number of halogens is 1. The third-order valence-electron chi connectivity index (χ3n) is 3.63. The SMILES string of the molecule is COc1ccc(C2SCCN2C(=O)Nc2cccc(F)c2)cc1. The van der Waals surface area contributed by atoms with E-state index in [1.807, 2.05) is 24.3 Å². The fourth-order valence-electron chi connectivity index (χ4n) is 2.48. The van der Waals surface area contributed by atoms with Crippen LogP contribution in [0.25, 0.3) is 0 Å². The molecule has 1 aliphatic heterocycles. The van der Waals surface area contributed by atoms with Crippen LogP contribution in [0.2, 0.25) is 0 Å². The summed E-state index contributed by atoms with van der Waals surface area (Å²) < 4.78 is 18.4. The van der Waals surface area contributed by atoms with E-state index < -0.39 is 0 Å². The average Bonchev–Trinajstić information content (AvgIpc) is 3.05. The van der Waals surface area contributed by atoms with Crippen LogP contribution in [0.15, 0.2) is 48.5 Å². The van der Waals surface area contributed by atoms with Gasteiger partial charge in [-0.05, 0) is 35.9 Å². The average molecular weight is 332 g/mol. The maximum absolute atomic E-state index is 13.2. The van der Waals surface area contributed by atoms with Crippen LogP contribution in [-0.2, 0) is 0 Å². The van der Waals surface area contributed by atoms with E-state index in [-0.39, 0.29) is 17.2 Å². The van der Waals surface area contributed by atoms with Crippen molar-refractivity contribution in [3.63, 3.8) is 0 Å². The molecule has 23 heavy (non-hydrogen) atoms. The van der Waals surface area contributed by atoms with Crippen molar-refractivity contribution in [2.75, 3.05) is 24.7 Å². The zero-order chi connectivity index (χ0) is 16.2. The molecular weight excluding hydrogens is 315 g/mol. The number of carbonyl (C=O) groups excluding carboxylic acids is 1. The molecule has 1 aliphatic rings. The molecule has 1 fully saturated rings. The summed E-state index contributed by atoms with van der Waals surface area (Å²) in [5.41, 5.74) is 1.50. The third kappa shape index (κ3) is 3.59. The third-order valence-corrected chi connectivity index (χ3v) is 4.89. The Morgan fingerprint density at radius 2 is 2.09 bits per heavy atom. The van der Waals surface area contributed by atoms with E-state index in [4.69, 9.17) is 4.74 Å². The second kappa shape index (κ2) is 6.91. The van der Waals surface area contributed by atoms with Gasteiger partial charge in [-0.1, -0.05) is 18.2 Å². The molecule has 1 atom stereocenters. The second-order valence-corrected chi connectivity index (χ2v) is 6.32. The molecule has 1 N–H and O–H groups in total. The molecule has 2 amide bonds. The minimum absolute atomic E-state index is 0.0468. The first kappa shape index (κ1) is 15.7. The summed E-state index contributed by atoms with van der Waals surface area (Å²) in [5, 5.41) is 2.71. The Morgan fingerprint density at radius 1 is 1.30 bits per heavy atom. The molecule has 2 aromatic carbocycles.